The summed E-state index contributed by atoms with van der Waals surface area (Å²) in [6.07, 6.45) is 0.837. The van der Waals surface area contributed by atoms with Crippen molar-refractivity contribution in [3.05, 3.63) is 36.8 Å². The maximum absolute atomic E-state index is 4.09. The van der Waals surface area contributed by atoms with Crippen LogP contribution in [0.25, 0.3) is 0 Å². The molecule has 3 nitrogen and oxygen atoms in total. The Balaban J connectivity index is 4.72. The Labute approximate surface area is 99.7 Å². The Hall–Kier alpha value is -1.22. The van der Waals surface area contributed by atoms with Crippen LogP contribution >= 0.6 is 0 Å². The van der Waals surface area contributed by atoms with Gasteiger partial charge < -0.3 is 16.0 Å². The minimum absolute atomic E-state index is 0.0756. The molecule has 92 valence electrons. The normalized spacial score (nSPS) is 13.8. The maximum Gasteiger partial charge on any atom is 0.0248 e. The summed E-state index contributed by atoms with van der Waals surface area (Å²) in [6.45, 7) is 16.8. The van der Waals surface area contributed by atoms with E-state index in [1.54, 1.807) is 0 Å². The molecule has 1 unspecified atom stereocenters. The van der Waals surface area contributed by atoms with E-state index in [1.165, 1.54) is 0 Å². The lowest BCUT2D eigenvalue weighted by Gasteiger charge is -2.33. The molecule has 0 saturated heterocycles. The van der Waals surface area contributed by atoms with Crippen LogP contribution in [0.5, 0.6) is 0 Å². The standard InChI is InChI=1S/C13H25N3/c1-10(2)16-12(4)13(5,9-14-6)8-11(3)15-7/h14-16H,1,3-4,8-9H2,2,5-7H3. The van der Waals surface area contributed by atoms with Gasteiger partial charge in [0.25, 0.3) is 0 Å². The highest BCUT2D eigenvalue weighted by molar-refractivity contribution is 5.16. The van der Waals surface area contributed by atoms with E-state index in [2.05, 4.69) is 42.6 Å². The summed E-state index contributed by atoms with van der Waals surface area (Å²) in [5.41, 5.74) is 2.80. The first-order chi connectivity index (χ1) is 7.35. The van der Waals surface area contributed by atoms with Gasteiger partial charge in [-0.15, -0.1) is 0 Å². The van der Waals surface area contributed by atoms with Gasteiger partial charge in [-0.05, 0) is 20.4 Å². The van der Waals surface area contributed by atoms with E-state index < -0.39 is 0 Å². The van der Waals surface area contributed by atoms with Gasteiger partial charge in [-0.2, -0.15) is 0 Å². The fraction of sp³-hybridized carbons (Fsp3) is 0.538. The third kappa shape index (κ3) is 4.53. The molecule has 0 aliphatic carbocycles. The van der Waals surface area contributed by atoms with Gasteiger partial charge in [0.15, 0.2) is 0 Å². The molecule has 0 saturated carbocycles. The Kier molecular flexibility index (Phi) is 5.89. The summed E-state index contributed by atoms with van der Waals surface area (Å²) in [6, 6.07) is 0. The number of nitrogens with one attached hydrogen (secondary N) is 3. The van der Waals surface area contributed by atoms with Crippen molar-refractivity contribution in [2.24, 2.45) is 5.41 Å². The lowest BCUT2D eigenvalue weighted by molar-refractivity contribution is 0.356. The van der Waals surface area contributed by atoms with E-state index in [0.29, 0.717) is 0 Å². The average Bonchev–Trinajstić information content (AvgIpc) is 2.16. The van der Waals surface area contributed by atoms with Crippen LogP contribution in [-0.4, -0.2) is 20.6 Å². The van der Waals surface area contributed by atoms with Crippen molar-refractivity contribution in [3.63, 3.8) is 0 Å². The predicted molar refractivity (Wildman–Crippen MR) is 71.9 cm³/mol. The minimum Gasteiger partial charge on any atom is -0.392 e. The van der Waals surface area contributed by atoms with Crippen molar-refractivity contribution >= 4 is 0 Å². The lowest BCUT2D eigenvalue weighted by Crippen LogP contribution is -2.37. The Morgan fingerprint density at radius 1 is 1.19 bits per heavy atom. The molecule has 0 bridgehead atoms. The summed E-state index contributed by atoms with van der Waals surface area (Å²) >= 11 is 0. The van der Waals surface area contributed by atoms with Gasteiger partial charge in [0, 0.05) is 36.1 Å². The van der Waals surface area contributed by atoms with Crippen molar-refractivity contribution in [1.29, 1.82) is 0 Å². The second kappa shape index (κ2) is 6.38. The molecule has 0 heterocycles. The van der Waals surface area contributed by atoms with Gasteiger partial charge in [0.2, 0.25) is 0 Å². The third-order valence-corrected chi connectivity index (χ3v) is 2.62. The molecule has 0 aliphatic rings. The van der Waals surface area contributed by atoms with E-state index in [1.807, 2.05) is 21.0 Å². The zero-order valence-electron chi connectivity index (χ0n) is 11.0. The monoisotopic (exact) mass is 223 g/mol. The van der Waals surface area contributed by atoms with Crippen LogP contribution in [0.3, 0.4) is 0 Å². The van der Waals surface area contributed by atoms with Crippen molar-refractivity contribution in [3.8, 4) is 0 Å². The van der Waals surface area contributed by atoms with Gasteiger partial charge in [-0.1, -0.05) is 26.7 Å². The predicted octanol–water partition coefficient (Wildman–Crippen LogP) is 1.97. The topological polar surface area (TPSA) is 36.1 Å². The molecule has 0 fully saturated rings. The SMILES string of the molecule is C=C(C)NC(=C)C(C)(CNC)CC(=C)NC. The van der Waals surface area contributed by atoms with Gasteiger partial charge in [-0.3, -0.25) is 0 Å². The third-order valence-electron chi connectivity index (χ3n) is 2.62. The molecule has 0 spiro atoms. The minimum atomic E-state index is -0.0756. The largest absolute Gasteiger partial charge is 0.392 e. The van der Waals surface area contributed by atoms with E-state index in [0.717, 1.165) is 30.1 Å². The molecule has 3 N–H and O–H groups in total. The molecule has 0 amide bonds. The Morgan fingerprint density at radius 3 is 2.12 bits per heavy atom. The highest BCUT2D eigenvalue weighted by atomic mass is 14.9. The quantitative estimate of drug-likeness (QED) is 0.589. The van der Waals surface area contributed by atoms with E-state index in [4.69, 9.17) is 0 Å². The first-order valence-corrected chi connectivity index (χ1v) is 5.47. The molecule has 0 rings (SSSR count). The number of hydrogen-bond donors (Lipinski definition) is 3. The summed E-state index contributed by atoms with van der Waals surface area (Å²) in [7, 11) is 3.82. The van der Waals surface area contributed by atoms with E-state index >= 15 is 0 Å². The number of rotatable bonds is 8. The van der Waals surface area contributed by atoms with Crippen LogP contribution in [0.1, 0.15) is 20.3 Å². The zero-order chi connectivity index (χ0) is 12.8. The van der Waals surface area contributed by atoms with Gasteiger partial charge in [0.1, 0.15) is 0 Å². The van der Waals surface area contributed by atoms with Gasteiger partial charge >= 0.3 is 0 Å². The van der Waals surface area contributed by atoms with Crippen LogP contribution in [0, 0.1) is 5.41 Å². The second-order valence-electron chi connectivity index (χ2n) is 4.51. The van der Waals surface area contributed by atoms with Crippen molar-refractivity contribution in [2.75, 3.05) is 20.6 Å². The first kappa shape index (κ1) is 14.8. The Morgan fingerprint density at radius 2 is 1.75 bits per heavy atom. The van der Waals surface area contributed by atoms with Crippen LogP contribution in [0.15, 0.2) is 36.8 Å². The van der Waals surface area contributed by atoms with Crippen molar-refractivity contribution < 1.29 is 0 Å². The van der Waals surface area contributed by atoms with Crippen LogP contribution < -0.4 is 16.0 Å². The molecule has 0 aromatic heterocycles. The number of allylic oxidation sites excluding steroid dienone is 2. The average molecular weight is 223 g/mol. The molecule has 16 heavy (non-hydrogen) atoms. The molecule has 0 aromatic carbocycles. The lowest BCUT2D eigenvalue weighted by atomic mass is 9.82. The van der Waals surface area contributed by atoms with Crippen LogP contribution in [0.4, 0.5) is 0 Å². The molecule has 0 aliphatic heterocycles. The maximum atomic E-state index is 4.09. The fourth-order valence-corrected chi connectivity index (χ4v) is 1.63. The van der Waals surface area contributed by atoms with E-state index in [-0.39, 0.29) is 5.41 Å². The highest BCUT2D eigenvalue weighted by Crippen LogP contribution is 2.30. The molecular weight excluding hydrogens is 198 g/mol. The summed E-state index contributed by atoms with van der Waals surface area (Å²) < 4.78 is 0. The first-order valence-electron chi connectivity index (χ1n) is 5.47. The fourth-order valence-electron chi connectivity index (χ4n) is 1.63. The van der Waals surface area contributed by atoms with E-state index in [9.17, 15) is 0 Å². The molecule has 0 radical (unpaired) electrons. The highest BCUT2D eigenvalue weighted by Gasteiger charge is 2.27. The Bertz CT molecular complexity index is 281. The summed E-state index contributed by atoms with van der Waals surface area (Å²) in [5.74, 6) is 0. The summed E-state index contributed by atoms with van der Waals surface area (Å²) in [5, 5.41) is 9.47. The van der Waals surface area contributed by atoms with Crippen molar-refractivity contribution in [2.45, 2.75) is 20.3 Å². The molecule has 0 aromatic rings. The smallest absolute Gasteiger partial charge is 0.0248 e. The van der Waals surface area contributed by atoms with Crippen LogP contribution in [-0.2, 0) is 0 Å². The molecule has 3 heteroatoms. The number of hydrogen-bond acceptors (Lipinski definition) is 3. The summed E-state index contributed by atoms with van der Waals surface area (Å²) in [4.78, 5) is 0. The molecule has 1 atom stereocenters. The molecular formula is C13H25N3. The van der Waals surface area contributed by atoms with Gasteiger partial charge in [-0.25, -0.2) is 0 Å². The zero-order valence-corrected chi connectivity index (χ0v) is 11.0. The second-order valence-corrected chi connectivity index (χ2v) is 4.51. The van der Waals surface area contributed by atoms with Crippen LogP contribution in [0.2, 0.25) is 0 Å². The van der Waals surface area contributed by atoms with Crippen molar-refractivity contribution in [1.82, 2.24) is 16.0 Å². The van der Waals surface area contributed by atoms with Gasteiger partial charge in [0.05, 0.1) is 0 Å².